The molecular formula is C23H23F5N4O3. The number of para-hydroxylation sites is 1. The van der Waals surface area contributed by atoms with E-state index in [2.05, 4.69) is 10.4 Å². The second-order valence-electron chi connectivity index (χ2n) is 8.46. The van der Waals surface area contributed by atoms with Gasteiger partial charge in [0.1, 0.15) is 28.9 Å². The number of ether oxygens (including phenoxy) is 1. The van der Waals surface area contributed by atoms with Gasteiger partial charge < -0.3 is 20.1 Å². The maximum Gasteiger partial charge on any atom is 0.425 e. The minimum absolute atomic E-state index is 0.0249. The number of hydrogen-bond acceptors (Lipinski definition) is 6. The number of benzene rings is 2. The highest BCUT2D eigenvalue weighted by Gasteiger charge is 2.43. The number of carbonyl (C=O) groups excluding carboxylic acids is 1. The molecule has 1 heterocycles. The number of aliphatic hydroxyl groups excluding tert-OH is 1. The Balaban J connectivity index is 1.73. The predicted octanol–water partition coefficient (Wildman–Crippen LogP) is 4.75. The molecule has 4 rings (SSSR count). The summed E-state index contributed by atoms with van der Waals surface area (Å²) >= 11 is 0. The zero-order chi connectivity index (χ0) is 25.7. The summed E-state index contributed by atoms with van der Waals surface area (Å²) in [5.41, 5.74) is -0.819. The fourth-order valence-corrected chi connectivity index (χ4v) is 3.75. The van der Waals surface area contributed by atoms with Crippen molar-refractivity contribution in [1.29, 1.82) is 0 Å². The van der Waals surface area contributed by atoms with Gasteiger partial charge in [-0.2, -0.15) is 18.3 Å². The summed E-state index contributed by atoms with van der Waals surface area (Å²) in [4.78, 5) is 14.5. The van der Waals surface area contributed by atoms with Gasteiger partial charge in [-0.25, -0.2) is 13.8 Å². The summed E-state index contributed by atoms with van der Waals surface area (Å²) in [5, 5.41) is 18.0. The fourth-order valence-electron chi connectivity index (χ4n) is 3.75. The maximum absolute atomic E-state index is 15.2. The largest absolute Gasteiger partial charge is 0.480 e. The molecule has 0 spiro atoms. The summed E-state index contributed by atoms with van der Waals surface area (Å²) in [6.07, 6.45) is -6.89. The van der Waals surface area contributed by atoms with Crippen molar-refractivity contribution in [2.45, 2.75) is 58.3 Å². The first-order valence-corrected chi connectivity index (χ1v) is 10.8. The normalized spacial score (nSPS) is 19.0. The van der Waals surface area contributed by atoms with Crippen LogP contribution in [0, 0.1) is 18.6 Å². The molecule has 12 heteroatoms. The number of halogens is 5. The molecule has 7 nitrogen and oxygen atoms in total. The minimum Gasteiger partial charge on any atom is -0.480 e. The highest BCUT2D eigenvalue weighted by atomic mass is 19.4. The predicted molar refractivity (Wildman–Crippen MR) is 118 cm³/mol. The lowest BCUT2D eigenvalue weighted by molar-refractivity contribution is -0.189. The molecule has 2 N–H and O–H groups in total. The summed E-state index contributed by atoms with van der Waals surface area (Å²) < 4.78 is 74.1. The van der Waals surface area contributed by atoms with Crippen LogP contribution < -0.4 is 15.1 Å². The Morgan fingerprint density at radius 1 is 1.20 bits per heavy atom. The number of alkyl halides is 3. The van der Waals surface area contributed by atoms with Gasteiger partial charge in [0.15, 0.2) is 6.10 Å². The third kappa shape index (κ3) is 4.88. The maximum atomic E-state index is 15.2. The molecule has 1 aliphatic carbocycles. The molecule has 1 saturated carbocycles. The number of nitrogens with zero attached hydrogens (tertiary/aromatic N) is 3. The number of carbonyl (C=O) groups is 1. The summed E-state index contributed by atoms with van der Waals surface area (Å²) in [6.45, 7) is 3.86. The van der Waals surface area contributed by atoms with Crippen LogP contribution in [0.1, 0.15) is 42.6 Å². The Morgan fingerprint density at radius 3 is 2.49 bits per heavy atom. The number of hydrogen-bond donors (Lipinski definition) is 2. The monoisotopic (exact) mass is 498 g/mol. The highest BCUT2D eigenvalue weighted by molar-refractivity contribution is 6.07. The zero-order valence-corrected chi connectivity index (χ0v) is 19.0. The van der Waals surface area contributed by atoms with E-state index in [-0.39, 0.29) is 17.4 Å². The minimum atomic E-state index is -4.78. The van der Waals surface area contributed by atoms with Crippen LogP contribution in [-0.4, -0.2) is 46.4 Å². The molecule has 0 aromatic heterocycles. The summed E-state index contributed by atoms with van der Waals surface area (Å²) in [7, 11) is 0. The van der Waals surface area contributed by atoms with Crippen LogP contribution in [0.15, 0.2) is 35.4 Å². The van der Waals surface area contributed by atoms with Crippen LogP contribution in [0.5, 0.6) is 5.75 Å². The van der Waals surface area contributed by atoms with Crippen molar-refractivity contribution < 1.29 is 36.6 Å². The van der Waals surface area contributed by atoms with Crippen LogP contribution >= 0.6 is 0 Å². The third-order valence-electron chi connectivity index (χ3n) is 5.80. The highest BCUT2D eigenvalue weighted by Crippen LogP contribution is 2.38. The fraction of sp³-hybridized carbons (Fsp3) is 0.391. The topological polar surface area (TPSA) is 77.4 Å². The van der Waals surface area contributed by atoms with Gasteiger partial charge in [-0.05, 0) is 51.3 Å². The molecule has 0 radical (unpaired) electrons. The molecule has 2 atom stereocenters. The Labute approximate surface area is 197 Å². The van der Waals surface area contributed by atoms with Crippen LogP contribution in [0.2, 0.25) is 0 Å². The molecule has 0 bridgehead atoms. The SMILES string of the molecule is CC1=NN(c2cc(O[C@@H](C)C(F)(F)F)c(C(=O)Nc3c(C)cccc3F)cc2F)[C@@H](O)N1C1CC1. The lowest BCUT2D eigenvalue weighted by Crippen LogP contribution is -2.43. The molecule has 2 aromatic carbocycles. The Bertz CT molecular complexity index is 1160. The summed E-state index contributed by atoms with van der Waals surface area (Å²) in [5.74, 6) is -3.09. The van der Waals surface area contributed by atoms with Gasteiger partial charge in [-0.3, -0.25) is 4.79 Å². The molecule has 1 aliphatic heterocycles. The lowest BCUT2D eigenvalue weighted by atomic mass is 10.1. The second kappa shape index (κ2) is 8.99. The second-order valence-corrected chi connectivity index (χ2v) is 8.46. The standard InChI is InChI=1S/C23H23F5N4O3/c1-11-5-4-6-16(24)20(11)29-21(33)15-9-17(25)18(10-19(15)35-12(2)23(26,27)28)32-22(34)31(13(3)30-32)14-7-8-14/h4-6,9-10,12,14,22,34H,7-8H2,1-3H3,(H,29,33)/t12-,22-/m0/s1. The van der Waals surface area contributed by atoms with E-state index in [0.717, 1.165) is 36.9 Å². The Hall–Kier alpha value is -3.41. The van der Waals surface area contributed by atoms with Crippen LogP contribution in [0.3, 0.4) is 0 Å². The Kier molecular flexibility index (Phi) is 6.34. The molecule has 2 aliphatic rings. The van der Waals surface area contributed by atoms with Crippen LogP contribution in [-0.2, 0) is 0 Å². The van der Waals surface area contributed by atoms with E-state index >= 15 is 4.39 Å². The van der Waals surface area contributed by atoms with Gasteiger partial charge in [-0.1, -0.05) is 12.1 Å². The van der Waals surface area contributed by atoms with Crippen molar-refractivity contribution in [2.75, 3.05) is 10.3 Å². The molecule has 1 amide bonds. The molecule has 35 heavy (non-hydrogen) atoms. The number of nitrogens with one attached hydrogen (secondary N) is 1. The van der Waals surface area contributed by atoms with E-state index in [1.807, 2.05) is 0 Å². The van der Waals surface area contributed by atoms with Crippen LogP contribution in [0.25, 0.3) is 0 Å². The van der Waals surface area contributed by atoms with Crippen molar-refractivity contribution in [2.24, 2.45) is 5.10 Å². The Morgan fingerprint density at radius 2 is 1.89 bits per heavy atom. The summed E-state index contributed by atoms with van der Waals surface area (Å²) in [6, 6.07) is 5.61. The van der Waals surface area contributed by atoms with Crippen molar-refractivity contribution in [3.8, 4) is 5.75 Å². The van der Waals surface area contributed by atoms with E-state index in [1.54, 1.807) is 11.8 Å². The first-order chi connectivity index (χ1) is 16.4. The van der Waals surface area contributed by atoms with Gasteiger partial charge in [0, 0.05) is 12.1 Å². The van der Waals surface area contributed by atoms with Crippen molar-refractivity contribution in [3.05, 3.63) is 53.1 Å². The number of anilines is 2. The van der Waals surface area contributed by atoms with E-state index in [1.165, 1.54) is 19.1 Å². The van der Waals surface area contributed by atoms with Crippen molar-refractivity contribution in [1.82, 2.24) is 4.90 Å². The third-order valence-corrected chi connectivity index (χ3v) is 5.80. The number of aliphatic hydroxyl groups is 1. The average molecular weight is 498 g/mol. The molecule has 0 saturated heterocycles. The van der Waals surface area contributed by atoms with E-state index < -0.39 is 47.5 Å². The van der Waals surface area contributed by atoms with Gasteiger partial charge in [0.25, 0.3) is 5.91 Å². The number of amidine groups is 1. The first-order valence-electron chi connectivity index (χ1n) is 10.8. The van der Waals surface area contributed by atoms with Crippen molar-refractivity contribution >= 4 is 23.1 Å². The number of hydrazone groups is 1. The van der Waals surface area contributed by atoms with E-state index in [0.29, 0.717) is 17.5 Å². The number of aryl methyl sites for hydroxylation is 1. The molecule has 1 fully saturated rings. The number of rotatable bonds is 6. The van der Waals surface area contributed by atoms with Gasteiger partial charge in [0.2, 0.25) is 6.35 Å². The van der Waals surface area contributed by atoms with Gasteiger partial charge in [0.05, 0.1) is 11.3 Å². The van der Waals surface area contributed by atoms with Gasteiger partial charge in [-0.15, -0.1) is 0 Å². The molecule has 188 valence electrons. The lowest BCUT2D eigenvalue weighted by Gasteiger charge is -2.28. The zero-order valence-electron chi connectivity index (χ0n) is 19.0. The average Bonchev–Trinajstić information content (AvgIpc) is 3.55. The smallest absolute Gasteiger partial charge is 0.425 e. The van der Waals surface area contributed by atoms with E-state index in [4.69, 9.17) is 4.74 Å². The van der Waals surface area contributed by atoms with Crippen LogP contribution in [0.4, 0.5) is 33.3 Å². The van der Waals surface area contributed by atoms with E-state index in [9.17, 15) is 27.5 Å². The first kappa shape index (κ1) is 24.7. The molecule has 2 aromatic rings. The molecular weight excluding hydrogens is 475 g/mol. The molecule has 0 unspecified atom stereocenters. The quantitative estimate of drug-likeness (QED) is 0.563. The number of amides is 1. The van der Waals surface area contributed by atoms with Gasteiger partial charge >= 0.3 is 6.18 Å². The van der Waals surface area contributed by atoms with Crippen molar-refractivity contribution in [3.63, 3.8) is 0 Å².